The molecule has 1 saturated heterocycles. The van der Waals surface area contributed by atoms with E-state index in [2.05, 4.69) is 34.0 Å². The molecule has 1 fully saturated rings. The molecule has 25 heavy (non-hydrogen) atoms. The zero-order chi connectivity index (χ0) is 18.4. The summed E-state index contributed by atoms with van der Waals surface area (Å²) in [5, 5.41) is 3.35. The first-order valence-corrected chi connectivity index (χ1v) is 9.14. The van der Waals surface area contributed by atoms with Gasteiger partial charge in [0.2, 0.25) is 0 Å². The predicted molar refractivity (Wildman–Crippen MR) is 100 cm³/mol. The number of hydrogen-bond donors (Lipinski definition) is 1. The van der Waals surface area contributed by atoms with Gasteiger partial charge < -0.3 is 19.9 Å². The average molecular weight is 349 g/mol. The summed E-state index contributed by atoms with van der Waals surface area (Å²) >= 11 is 0. The molecule has 1 atom stereocenters. The van der Waals surface area contributed by atoms with E-state index in [0.717, 1.165) is 44.1 Å². The van der Waals surface area contributed by atoms with Crippen LogP contribution in [-0.4, -0.2) is 58.8 Å². The molecular weight excluding hydrogens is 318 g/mol. The molecule has 2 rings (SSSR count). The number of anilines is 2. The van der Waals surface area contributed by atoms with Gasteiger partial charge in [-0.25, -0.2) is 14.8 Å². The highest BCUT2D eigenvalue weighted by Gasteiger charge is 2.32. The number of likely N-dealkylation sites (tertiary alicyclic amines) is 1. The van der Waals surface area contributed by atoms with Gasteiger partial charge in [0.15, 0.2) is 0 Å². The number of amides is 1. The lowest BCUT2D eigenvalue weighted by Gasteiger charge is -2.29. The summed E-state index contributed by atoms with van der Waals surface area (Å²) in [5.74, 6) is 1.70. The Kier molecular flexibility index (Phi) is 6.45. The van der Waals surface area contributed by atoms with Crippen molar-refractivity contribution in [3.05, 3.63) is 12.4 Å². The van der Waals surface area contributed by atoms with Gasteiger partial charge in [0.05, 0.1) is 6.04 Å². The van der Waals surface area contributed by atoms with Crippen LogP contribution in [0.5, 0.6) is 0 Å². The van der Waals surface area contributed by atoms with E-state index in [0.29, 0.717) is 6.54 Å². The van der Waals surface area contributed by atoms with Crippen molar-refractivity contribution in [1.29, 1.82) is 0 Å². The standard InChI is InChI=1S/C18H31N5O2/c1-6-22(7-2)16-11-15(20-13-21-16)19-12-14-9-8-10-23(14)17(24)25-18(3,4)5/h11,13-14H,6-10,12H2,1-5H3,(H,19,20,21)/t14-/m1/s1. The van der Waals surface area contributed by atoms with E-state index in [1.54, 1.807) is 6.33 Å². The highest BCUT2D eigenvalue weighted by molar-refractivity contribution is 5.69. The molecular formula is C18H31N5O2. The van der Waals surface area contributed by atoms with Gasteiger partial charge in [-0.15, -0.1) is 0 Å². The van der Waals surface area contributed by atoms with Crippen molar-refractivity contribution in [2.45, 2.75) is 59.1 Å². The van der Waals surface area contributed by atoms with Gasteiger partial charge in [-0.1, -0.05) is 0 Å². The van der Waals surface area contributed by atoms with Crippen LogP contribution in [0.3, 0.4) is 0 Å². The number of carbonyl (C=O) groups excluding carboxylic acids is 1. The topological polar surface area (TPSA) is 70.6 Å². The van der Waals surface area contributed by atoms with Crippen LogP contribution in [0.1, 0.15) is 47.5 Å². The van der Waals surface area contributed by atoms with Crippen molar-refractivity contribution in [2.24, 2.45) is 0 Å². The number of nitrogens with zero attached hydrogens (tertiary/aromatic N) is 4. The summed E-state index contributed by atoms with van der Waals surface area (Å²) in [7, 11) is 0. The van der Waals surface area contributed by atoms with Crippen molar-refractivity contribution in [2.75, 3.05) is 36.4 Å². The molecule has 0 radical (unpaired) electrons. The summed E-state index contributed by atoms with van der Waals surface area (Å²) in [5.41, 5.74) is -0.469. The fourth-order valence-electron chi connectivity index (χ4n) is 3.00. The van der Waals surface area contributed by atoms with Crippen LogP contribution in [-0.2, 0) is 4.74 Å². The molecule has 7 heteroatoms. The van der Waals surface area contributed by atoms with E-state index in [9.17, 15) is 4.79 Å². The molecule has 1 aliphatic heterocycles. The Hall–Kier alpha value is -2.05. The molecule has 0 bridgehead atoms. The fraction of sp³-hybridized carbons (Fsp3) is 0.722. The van der Waals surface area contributed by atoms with Gasteiger partial charge in [0.25, 0.3) is 0 Å². The summed E-state index contributed by atoms with van der Waals surface area (Å²) < 4.78 is 5.51. The van der Waals surface area contributed by atoms with Gasteiger partial charge in [-0.2, -0.15) is 0 Å². The second-order valence-corrected chi connectivity index (χ2v) is 7.28. The number of carbonyl (C=O) groups is 1. The lowest BCUT2D eigenvalue weighted by Crippen LogP contribution is -2.42. The highest BCUT2D eigenvalue weighted by Crippen LogP contribution is 2.21. The van der Waals surface area contributed by atoms with Gasteiger partial charge in [-0.3, -0.25) is 0 Å². The van der Waals surface area contributed by atoms with Crippen molar-refractivity contribution < 1.29 is 9.53 Å². The second kappa shape index (κ2) is 8.36. The Morgan fingerprint density at radius 1 is 1.36 bits per heavy atom. The number of aromatic nitrogens is 2. The second-order valence-electron chi connectivity index (χ2n) is 7.28. The lowest BCUT2D eigenvalue weighted by molar-refractivity contribution is 0.0235. The largest absolute Gasteiger partial charge is 0.444 e. The number of hydrogen-bond acceptors (Lipinski definition) is 6. The highest BCUT2D eigenvalue weighted by atomic mass is 16.6. The van der Waals surface area contributed by atoms with E-state index in [1.807, 2.05) is 31.7 Å². The Morgan fingerprint density at radius 2 is 2.08 bits per heavy atom. The normalized spacial score (nSPS) is 17.5. The Morgan fingerprint density at radius 3 is 2.72 bits per heavy atom. The average Bonchev–Trinajstić information content (AvgIpc) is 3.02. The molecule has 140 valence electrons. The molecule has 0 spiro atoms. The SMILES string of the molecule is CCN(CC)c1cc(NC[C@H]2CCCN2C(=O)OC(C)(C)C)ncn1. The van der Waals surface area contributed by atoms with Crippen molar-refractivity contribution >= 4 is 17.7 Å². The van der Waals surface area contributed by atoms with Gasteiger partial charge in [0, 0.05) is 32.2 Å². The minimum Gasteiger partial charge on any atom is -0.444 e. The summed E-state index contributed by atoms with van der Waals surface area (Å²) in [6.07, 6.45) is 3.32. The Balaban J connectivity index is 1.96. The third-order valence-electron chi connectivity index (χ3n) is 4.26. The summed E-state index contributed by atoms with van der Waals surface area (Å²) in [6, 6.07) is 2.08. The smallest absolute Gasteiger partial charge is 0.410 e. The maximum atomic E-state index is 12.3. The van der Waals surface area contributed by atoms with Crippen LogP contribution in [0.2, 0.25) is 0 Å². The molecule has 1 aromatic heterocycles. The summed E-state index contributed by atoms with van der Waals surface area (Å²) in [4.78, 5) is 25.0. The molecule has 1 N–H and O–H groups in total. The molecule has 2 heterocycles. The minimum absolute atomic E-state index is 0.127. The maximum absolute atomic E-state index is 12.3. The van der Waals surface area contributed by atoms with Crippen molar-refractivity contribution in [3.8, 4) is 0 Å². The van der Waals surface area contributed by atoms with Crippen LogP contribution in [0.15, 0.2) is 12.4 Å². The fourth-order valence-corrected chi connectivity index (χ4v) is 3.00. The third-order valence-corrected chi connectivity index (χ3v) is 4.26. The first-order valence-electron chi connectivity index (χ1n) is 9.14. The molecule has 0 aliphatic carbocycles. The van der Waals surface area contributed by atoms with Crippen molar-refractivity contribution in [3.63, 3.8) is 0 Å². The number of ether oxygens (including phenoxy) is 1. The van der Waals surface area contributed by atoms with E-state index in [1.165, 1.54) is 0 Å². The number of nitrogens with one attached hydrogen (secondary N) is 1. The van der Waals surface area contributed by atoms with Gasteiger partial charge >= 0.3 is 6.09 Å². The van der Waals surface area contributed by atoms with E-state index in [4.69, 9.17) is 4.74 Å². The van der Waals surface area contributed by atoms with Crippen LogP contribution < -0.4 is 10.2 Å². The zero-order valence-corrected chi connectivity index (χ0v) is 16.1. The van der Waals surface area contributed by atoms with E-state index < -0.39 is 5.60 Å². The Bertz CT molecular complexity index is 569. The first kappa shape index (κ1) is 19.3. The summed E-state index contributed by atoms with van der Waals surface area (Å²) in [6.45, 7) is 13.1. The molecule has 0 saturated carbocycles. The van der Waals surface area contributed by atoms with Crippen LogP contribution in [0, 0.1) is 0 Å². The van der Waals surface area contributed by atoms with E-state index in [-0.39, 0.29) is 12.1 Å². The van der Waals surface area contributed by atoms with Crippen LogP contribution in [0.4, 0.5) is 16.4 Å². The van der Waals surface area contributed by atoms with Gasteiger partial charge in [0.1, 0.15) is 23.6 Å². The quantitative estimate of drug-likeness (QED) is 0.851. The molecule has 7 nitrogen and oxygen atoms in total. The van der Waals surface area contributed by atoms with E-state index >= 15 is 0 Å². The minimum atomic E-state index is -0.469. The zero-order valence-electron chi connectivity index (χ0n) is 16.1. The molecule has 0 aromatic carbocycles. The monoisotopic (exact) mass is 349 g/mol. The number of rotatable bonds is 6. The third kappa shape index (κ3) is 5.47. The lowest BCUT2D eigenvalue weighted by atomic mass is 10.2. The van der Waals surface area contributed by atoms with Gasteiger partial charge in [-0.05, 0) is 47.5 Å². The maximum Gasteiger partial charge on any atom is 0.410 e. The molecule has 1 aliphatic rings. The van der Waals surface area contributed by atoms with Crippen LogP contribution in [0.25, 0.3) is 0 Å². The first-order chi connectivity index (χ1) is 11.8. The predicted octanol–water partition coefficient (Wildman–Crippen LogP) is 3.13. The molecule has 1 amide bonds. The van der Waals surface area contributed by atoms with Crippen molar-refractivity contribution in [1.82, 2.24) is 14.9 Å². The molecule has 1 aromatic rings. The molecule has 0 unspecified atom stereocenters. The van der Waals surface area contributed by atoms with Crippen LogP contribution >= 0.6 is 0 Å². The Labute approximate surface area is 150 Å².